The third-order valence-corrected chi connectivity index (χ3v) is 6.87. The van der Waals surface area contributed by atoms with Crippen LogP contribution in [-0.2, 0) is 0 Å². The number of nitrogen functional groups attached to an aromatic ring is 1. The number of nitrogens with one attached hydrogen (secondary N) is 1. The molecule has 1 fully saturated rings. The van der Waals surface area contributed by atoms with Crippen LogP contribution in [0.2, 0.25) is 5.02 Å². The van der Waals surface area contributed by atoms with E-state index in [-0.39, 0.29) is 23.5 Å². The lowest BCUT2D eigenvalue weighted by Crippen LogP contribution is -2.40. The number of fused-ring (bicyclic) bond motifs is 2. The fraction of sp³-hybridized carbons (Fsp3) is 0.250. The van der Waals surface area contributed by atoms with Crippen LogP contribution in [0.1, 0.15) is 35.1 Å². The van der Waals surface area contributed by atoms with E-state index >= 15 is 0 Å². The number of carbonyl (C=O) groups excluding carboxylic acids is 1. The smallest absolute Gasteiger partial charge is 0.267 e. The largest absolute Gasteiger partial charge is 0.368 e. The highest BCUT2D eigenvalue weighted by Gasteiger charge is 2.37. The summed E-state index contributed by atoms with van der Waals surface area (Å²) in [7, 11) is 1.70. The maximum absolute atomic E-state index is 13.8. The Morgan fingerprint density at radius 1 is 1.14 bits per heavy atom. The van der Waals surface area contributed by atoms with E-state index in [2.05, 4.69) is 20.3 Å². The molecule has 36 heavy (non-hydrogen) atoms. The van der Waals surface area contributed by atoms with E-state index < -0.39 is 0 Å². The van der Waals surface area contributed by atoms with Crippen LogP contribution >= 0.6 is 11.6 Å². The molecule has 11 nitrogen and oxygen atoms in total. The van der Waals surface area contributed by atoms with Gasteiger partial charge in [0.1, 0.15) is 23.0 Å². The molecular formula is C24H22ClN9O2. The van der Waals surface area contributed by atoms with Gasteiger partial charge in [0.2, 0.25) is 5.95 Å². The van der Waals surface area contributed by atoms with Gasteiger partial charge in [0.25, 0.3) is 11.5 Å². The number of benzene rings is 1. The number of nitrogens with zero attached hydrogens (tertiary/aromatic N) is 7. The molecule has 0 bridgehead atoms. The zero-order valence-electron chi connectivity index (χ0n) is 19.3. The van der Waals surface area contributed by atoms with Crippen LogP contribution in [0.5, 0.6) is 0 Å². The zero-order valence-corrected chi connectivity index (χ0v) is 20.1. The molecule has 0 saturated carbocycles. The van der Waals surface area contributed by atoms with Crippen molar-refractivity contribution in [3.8, 4) is 5.69 Å². The summed E-state index contributed by atoms with van der Waals surface area (Å²) in [4.78, 5) is 48.4. The van der Waals surface area contributed by atoms with E-state index in [9.17, 15) is 9.59 Å². The molecule has 1 aromatic carbocycles. The number of nitrogens with two attached hydrogens (primary N) is 1. The predicted molar refractivity (Wildman–Crippen MR) is 136 cm³/mol. The first kappa shape index (κ1) is 22.2. The Hall–Kier alpha value is -4.25. The molecule has 0 unspecified atom stereocenters. The second kappa shape index (κ2) is 8.45. The number of carbonyl (C=O) groups is 1. The highest BCUT2D eigenvalue weighted by molar-refractivity contribution is 6.35. The van der Waals surface area contributed by atoms with Gasteiger partial charge in [0.15, 0.2) is 0 Å². The maximum Gasteiger partial charge on any atom is 0.267 e. The van der Waals surface area contributed by atoms with Crippen LogP contribution in [0.25, 0.3) is 16.6 Å². The van der Waals surface area contributed by atoms with Gasteiger partial charge in [-0.15, -0.1) is 0 Å². The third kappa shape index (κ3) is 3.42. The van der Waals surface area contributed by atoms with Gasteiger partial charge in [-0.05, 0) is 37.1 Å². The minimum absolute atomic E-state index is 0.0576. The fourth-order valence-electron chi connectivity index (χ4n) is 4.91. The first-order valence-electron chi connectivity index (χ1n) is 11.5. The average Bonchev–Trinajstić information content (AvgIpc) is 3.36. The van der Waals surface area contributed by atoms with Gasteiger partial charge in [-0.2, -0.15) is 9.97 Å². The van der Waals surface area contributed by atoms with Crippen molar-refractivity contribution in [2.24, 2.45) is 0 Å². The van der Waals surface area contributed by atoms with E-state index in [1.165, 1.54) is 0 Å². The Kier molecular flexibility index (Phi) is 5.22. The van der Waals surface area contributed by atoms with Crippen LogP contribution in [0, 0.1) is 0 Å². The topological polar surface area (TPSA) is 135 Å². The lowest BCUT2D eigenvalue weighted by Gasteiger charge is -2.32. The molecule has 1 atom stereocenters. The van der Waals surface area contributed by atoms with Gasteiger partial charge in [-0.25, -0.2) is 4.98 Å². The van der Waals surface area contributed by atoms with E-state index in [1.807, 2.05) is 4.90 Å². The van der Waals surface area contributed by atoms with Crippen molar-refractivity contribution >= 4 is 46.0 Å². The van der Waals surface area contributed by atoms with Crippen molar-refractivity contribution < 1.29 is 4.79 Å². The summed E-state index contributed by atoms with van der Waals surface area (Å²) in [5.41, 5.74) is 7.17. The molecular weight excluding hydrogens is 482 g/mol. The molecule has 0 spiro atoms. The number of amides is 1. The molecule has 12 heteroatoms. The SMILES string of the molecule is CN1CNc2nc(N)nc(N3CCC[C@H]3c3nc4cccc(Cl)c4c(=O)n3-c3cccnc3)c2C1=O. The molecule has 5 heterocycles. The average molecular weight is 504 g/mol. The molecule has 3 N–H and O–H groups in total. The summed E-state index contributed by atoms with van der Waals surface area (Å²) in [5.74, 6) is 1.18. The van der Waals surface area contributed by atoms with Crippen molar-refractivity contribution in [2.45, 2.75) is 18.9 Å². The standard InChI is InChI=1S/C24H22ClN9O2/c1-32-12-28-19-18(22(32)35)21(31-24(26)30-19)33-10-4-8-16(33)20-29-15-7-2-6-14(25)17(15)23(36)34(20)13-5-3-9-27-11-13/h2-3,5-7,9,11,16H,4,8,10,12H2,1H3,(H3,26,28,30,31)/t16-/m0/s1. The number of hydrogen-bond acceptors (Lipinski definition) is 9. The summed E-state index contributed by atoms with van der Waals surface area (Å²) in [5, 5.41) is 3.80. The minimum Gasteiger partial charge on any atom is -0.368 e. The molecule has 182 valence electrons. The van der Waals surface area contributed by atoms with Crippen molar-refractivity contribution in [1.29, 1.82) is 0 Å². The zero-order chi connectivity index (χ0) is 25.0. The highest BCUT2D eigenvalue weighted by Crippen LogP contribution is 2.39. The van der Waals surface area contributed by atoms with Gasteiger partial charge < -0.3 is 20.9 Å². The normalized spacial score (nSPS) is 17.4. The van der Waals surface area contributed by atoms with Crippen LogP contribution in [0.3, 0.4) is 0 Å². The van der Waals surface area contributed by atoms with Crippen LogP contribution in [-0.4, -0.2) is 55.6 Å². The Labute approximate surface area is 210 Å². The Balaban J connectivity index is 1.59. The van der Waals surface area contributed by atoms with Gasteiger partial charge in [-0.3, -0.25) is 19.1 Å². The van der Waals surface area contributed by atoms with Crippen molar-refractivity contribution in [3.63, 3.8) is 0 Å². The Bertz CT molecular complexity index is 1570. The van der Waals surface area contributed by atoms with Crippen molar-refractivity contribution in [1.82, 2.24) is 29.4 Å². The van der Waals surface area contributed by atoms with E-state index in [0.29, 0.717) is 64.3 Å². The molecule has 0 radical (unpaired) electrons. The van der Waals surface area contributed by atoms with E-state index in [4.69, 9.17) is 22.3 Å². The lowest BCUT2D eigenvalue weighted by atomic mass is 10.1. The van der Waals surface area contributed by atoms with Crippen molar-refractivity contribution in [3.05, 3.63) is 69.5 Å². The van der Waals surface area contributed by atoms with E-state index in [0.717, 1.165) is 6.42 Å². The highest BCUT2D eigenvalue weighted by atomic mass is 35.5. The summed E-state index contributed by atoms with van der Waals surface area (Å²) >= 11 is 6.43. The van der Waals surface area contributed by atoms with Crippen LogP contribution < -0.4 is 21.5 Å². The van der Waals surface area contributed by atoms with Gasteiger partial charge in [0, 0.05) is 19.8 Å². The second-order valence-electron chi connectivity index (χ2n) is 8.77. The first-order chi connectivity index (χ1) is 17.4. The van der Waals surface area contributed by atoms with Crippen LogP contribution in [0.15, 0.2) is 47.5 Å². The number of aromatic nitrogens is 5. The molecule has 1 saturated heterocycles. The Morgan fingerprint density at radius 3 is 2.81 bits per heavy atom. The third-order valence-electron chi connectivity index (χ3n) is 6.55. The number of rotatable bonds is 3. The molecule has 6 rings (SSSR count). The lowest BCUT2D eigenvalue weighted by molar-refractivity contribution is 0.0796. The molecule has 1 amide bonds. The summed E-state index contributed by atoms with van der Waals surface area (Å²) < 4.78 is 1.55. The van der Waals surface area contributed by atoms with Crippen LogP contribution in [0.4, 0.5) is 17.6 Å². The monoisotopic (exact) mass is 503 g/mol. The van der Waals surface area contributed by atoms with Gasteiger partial charge in [0.05, 0.1) is 40.5 Å². The van der Waals surface area contributed by atoms with Gasteiger partial charge in [-0.1, -0.05) is 17.7 Å². The van der Waals surface area contributed by atoms with E-state index in [1.54, 1.807) is 59.2 Å². The molecule has 0 aliphatic carbocycles. The number of halogens is 1. The quantitative estimate of drug-likeness (QED) is 0.432. The Morgan fingerprint density at radius 2 is 2.00 bits per heavy atom. The number of pyridine rings is 1. The summed E-state index contributed by atoms with van der Waals surface area (Å²) in [6.45, 7) is 0.916. The summed E-state index contributed by atoms with van der Waals surface area (Å²) in [6.07, 6.45) is 4.75. The molecule has 2 aliphatic heterocycles. The molecule has 2 aliphatic rings. The molecule has 4 aromatic rings. The summed E-state index contributed by atoms with van der Waals surface area (Å²) in [6, 6.07) is 8.41. The second-order valence-corrected chi connectivity index (χ2v) is 9.18. The number of hydrogen-bond donors (Lipinski definition) is 2. The predicted octanol–water partition coefficient (Wildman–Crippen LogP) is 2.60. The first-order valence-corrected chi connectivity index (χ1v) is 11.9. The fourth-order valence-corrected chi connectivity index (χ4v) is 5.16. The van der Waals surface area contributed by atoms with Crippen molar-refractivity contribution in [2.75, 3.05) is 36.2 Å². The minimum atomic E-state index is -0.361. The number of anilines is 3. The van der Waals surface area contributed by atoms with Gasteiger partial charge >= 0.3 is 0 Å². The maximum atomic E-state index is 13.8. The molecule has 3 aromatic heterocycles.